The average molecular weight is 424 g/mol. The maximum absolute atomic E-state index is 12.8. The van der Waals surface area contributed by atoms with Crippen LogP contribution in [0, 0.1) is 17.8 Å². The molecule has 1 aliphatic carbocycles. The molecule has 2 aromatic carbocycles. The van der Waals surface area contributed by atoms with Crippen LogP contribution >= 0.6 is 0 Å². The first kappa shape index (κ1) is 22.5. The highest BCUT2D eigenvalue weighted by Crippen LogP contribution is 2.32. The van der Waals surface area contributed by atoms with Gasteiger partial charge in [-0.15, -0.1) is 0 Å². The third-order valence-corrected chi connectivity index (χ3v) is 6.12. The van der Waals surface area contributed by atoms with Crippen molar-refractivity contribution in [2.75, 3.05) is 0 Å². The third kappa shape index (κ3) is 5.94. The number of carboxylic acids is 2. The van der Waals surface area contributed by atoms with Gasteiger partial charge in [-0.1, -0.05) is 67.9 Å². The SMILES string of the molecule is C[C@H](C[C@@H](Cc1ccc(-c2ccccc2)cc1)NC(=O)[C@@H]1CCC[C@@H]1C(=O)O)C(=O)O. The van der Waals surface area contributed by atoms with Crippen molar-refractivity contribution in [2.24, 2.45) is 17.8 Å². The zero-order chi connectivity index (χ0) is 22.4. The predicted octanol–water partition coefficient (Wildman–Crippen LogP) is 3.99. The molecule has 31 heavy (non-hydrogen) atoms. The molecule has 0 aromatic heterocycles. The standard InChI is InChI=1S/C25H29NO5/c1-16(24(28)29)14-20(26-23(27)21-8-5-9-22(21)25(30)31)15-17-10-12-19(13-11-17)18-6-3-2-4-7-18/h2-4,6-7,10-13,16,20-22H,5,8-9,14-15H2,1H3,(H,26,27)(H,28,29)(H,30,31)/t16-,20+,21-,22+/m1/s1. The van der Waals surface area contributed by atoms with Crippen molar-refractivity contribution in [1.29, 1.82) is 0 Å². The van der Waals surface area contributed by atoms with Crippen LogP contribution in [0.4, 0.5) is 0 Å². The van der Waals surface area contributed by atoms with Crippen LogP contribution in [0.5, 0.6) is 0 Å². The molecule has 1 fully saturated rings. The van der Waals surface area contributed by atoms with Crippen molar-refractivity contribution in [3.05, 3.63) is 60.2 Å². The summed E-state index contributed by atoms with van der Waals surface area (Å²) >= 11 is 0. The Labute approximate surface area is 182 Å². The van der Waals surface area contributed by atoms with Crippen LogP contribution in [0.2, 0.25) is 0 Å². The molecule has 2 aromatic rings. The van der Waals surface area contributed by atoms with Gasteiger partial charge < -0.3 is 15.5 Å². The molecule has 0 saturated heterocycles. The number of rotatable bonds is 9. The van der Waals surface area contributed by atoms with Gasteiger partial charge in [-0.25, -0.2) is 0 Å². The molecule has 4 atom stereocenters. The van der Waals surface area contributed by atoms with E-state index in [9.17, 15) is 24.6 Å². The maximum atomic E-state index is 12.8. The zero-order valence-corrected chi connectivity index (χ0v) is 17.7. The fourth-order valence-corrected chi connectivity index (χ4v) is 4.35. The molecule has 1 saturated carbocycles. The molecule has 0 unspecified atom stereocenters. The van der Waals surface area contributed by atoms with Crippen LogP contribution in [0.15, 0.2) is 54.6 Å². The lowest BCUT2D eigenvalue weighted by atomic mass is 9.92. The van der Waals surface area contributed by atoms with Crippen molar-refractivity contribution < 1.29 is 24.6 Å². The molecule has 3 rings (SSSR count). The van der Waals surface area contributed by atoms with Crippen molar-refractivity contribution in [1.82, 2.24) is 5.32 Å². The van der Waals surface area contributed by atoms with Crippen molar-refractivity contribution >= 4 is 17.8 Å². The number of amides is 1. The van der Waals surface area contributed by atoms with Crippen LogP contribution in [-0.4, -0.2) is 34.1 Å². The van der Waals surface area contributed by atoms with Gasteiger partial charge in [0.2, 0.25) is 5.91 Å². The van der Waals surface area contributed by atoms with Gasteiger partial charge in [0, 0.05) is 6.04 Å². The first-order valence-corrected chi connectivity index (χ1v) is 10.8. The smallest absolute Gasteiger partial charge is 0.307 e. The van der Waals surface area contributed by atoms with Gasteiger partial charge in [0.1, 0.15) is 0 Å². The highest BCUT2D eigenvalue weighted by atomic mass is 16.4. The first-order chi connectivity index (χ1) is 14.8. The molecule has 6 nitrogen and oxygen atoms in total. The van der Waals surface area contributed by atoms with E-state index in [1.807, 2.05) is 54.6 Å². The largest absolute Gasteiger partial charge is 0.481 e. The van der Waals surface area contributed by atoms with E-state index in [1.165, 1.54) is 0 Å². The number of benzene rings is 2. The molecule has 0 bridgehead atoms. The number of aliphatic carboxylic acids is 2. The summed E-state index contributed by atoms with van der Waals surface area (Å²) in [6.07, 6.45) is 2.54. The number of carbonyl (C=O) groups excluding carboxylic acids is 1. The Morgan fingerprint density at radius 1 is 0.935 bits per heavy atom. The fraction of sp³-hybridized carbons (Fsp3) is 0.400. The Hall–Kier alpha value is -3.15. The number of carbonyl (C=O) groups is 3. The predicted molar refractivity (Wildman–Crippen MR) is 117 cm³/mol. The molecule has 3 N–H and O–H groups in total. The van der Waals surface area contributed by atoms with E-state index >= 15 is 0 Å². The van der Waals surface area contributed by atoms with E-state index in [4.69, 9.17) is 0 Å². The van der Waals surface area contributed by atoms with Crippen LogP contribution in [-0.2, 0) is 20.8 Å². The number of nitrogens with one attached hydrogen (secondary N) is 1. The molecule has 1 aliphatic rings. The molecule has 0 radical (unpaired) electrons. The second-order valence-electron chi connectivity index (χ2n) is 8.43. The molecule has 0 heterocycles. The van der Waals surface area contributed by atoms with Crippen LogP contribution in [0.25, 0.3) is 11.1 Å². The number of carboxylic acid groups (broad SMARTS) is 2. The lowest BCUT2D eigenvalue weighted by Crippen LogP contribution is -2.43. The number of hydrogen-bond acceptors (Lipinski definition) is 3. The van der Waals surface area contributed by atoms with Gasteiger partial charge in [-0.05, 0) is 42.4 Å². The summed E-state index contributed by atoms with van der Waals surface area (Å²) in [4.78, 5) is 35.7. The minimum absolute atomic E-state index is 0.284. The lowest BCUT2D eigenvalue weighted by molar-refractivity contribution is -0.146. The minimum atomic E-state index is -0.940. The summed E-state index contributed by atoms with van der Waals surface area (Å²) in [5, 5.41) is 21.7. The highest BCUT2D eigenvalue weighted by molar-refractivity contribution is 5.85. The number of hydrogen-bond donors (Lipinski definition) is 3. The van der Waals surface area contributed by atoms with Gasteiger partial charge in [0.15, 0.2) is 0 Å². The van der Waals surface area contributed by atoms with Gasteiger partial charge in [0.05, 0.1) is 17.8 Å². The van der Waals surface area contributed by atoms with Gasteiger partial charge in [-0.3, -0.25) is 14.4 Å². The summed E-state index contributed by atoms with van der Waals surface area (Å²) in [5.74, 6) is -3.98. The van der Waals surface area contributed by atoms with Crippen molar-refractivity contribution in [2.45, 2.75) is 45.1 Å². The normalized spacial score (nSPS) is 20.0. The van der Waals surface area contributed by atoms with Crippen LogP contribution in [0.3, 0.4) is 0 Å². The average Bonchev–Trinajstić information content (AvgIpc) is 3.25. The van der Waals surface area contributed by atoms with E-state index in [0.717, 1.165) is 16.7 Å². The second-order valence-corrected chi connectivity index (χ2v) is 8.43. The van der Waals surface area contributed by atoms with E-state index in [2.05, 4.69) is 5.32 Å². The summed E-state index contributed by atoms with van der Waals surface area (Å²) in [5.41, 5.74) is 3.18. The molecular weight excluding hydrogens is 394 g/mol. The summed E-state index contributed by atoms with van der Waals surface area (Å²) in [6.45, 7) is 1.62. The summed E-state index contributed by atoms with van der Waals surface area (Å²) in [6, 6.07) is 17.6. The molecular formula is C25H29NO5. The third-order valence-electron chi connectivity index (χ3n) is 6.12. The Morgan fingerprint density at radius 2 is 1.55 bits per heavy atom. The Morgan fingerprint density at radius 3 is 2.16 bits per heavy atom. The lowest BCUT2D eigenvalue weighted by Gasteiger charge is -2.24. The van der Waals surface area contributed by atoms with Gasteiger partial charge in [-0.2, -0.15) is 0 Å². The molecule has 1 amide bonds. The first-order valence-electron chi connectivity index (χ1n) is 10.8. The van der Waals surface area contributed by atoms with Crippen molar-refractivity contribution in [3.63, 3.8) is 0 Å². The fourth-order valence-electron chi connectivity index (χ4n) is 4.35. The summed E-state index contributed by atoms with van der Waals surface area (Å²) < 4.78 is 0. The quantitative estimate of drug-likeness (QED) is 0.566. The van der Waals surface area contributed by atoms with Gasteiger partial charge in [0.25, 0.3) is 0 Å². The van der Waals surface area contributed by atoms with E-state index in [0.29, 0.717) is 25.7 Å². The van der Waals surface area contributed by atoms with Crippen molar-refractivity contribution in [3.8, 4) is 11.1 Å². The van der Waals surface area contributed by atoms with E-state index < -0.39 is 29.7 Å². The maximum Gasteiger partial charge on any atom is 0.307 e. The molecule has 0 aliphatic heterocycles. The summed E-state index contributed by atoms with van der Waals surface area (Å²) in [7, 11) is 0. The zero-order valence-electron chi connectivity index (χ0n) is 17.7. The molecule has 6 heteroatoms. The highest BCUT2D eigenvalue weighted by Gasteiger charge is 2.38. The van der Waals surface area contributed by atoms with Crippen LogP contribution < -0.4 is 5.32 Å². The second kappa shape index (κ2) is 10.2. The van der Waals surface area contributed by atoms with Crippen LogP contribution in [0.1, 0.15) is 38.2 Å². The minimum Gasteiger partial charge on any atom is -0.481 e. The van der Waals surface area contributed by atoms with E-state index in [1.54, 1.807) is 6.92 Å². The van der Waals surface area contributed by atoms with E-state index in [-0.39, 0.29) is 18.4 Å². The molecule has 0 spiro atoms. The molecule has 164 valence electrons. The Kier molecular flexibility index (Phi) is 7.45. The Bertz CT molecular complexity index is 909. The monoisotopic (exact) mass is 423 g/mol. The Balaban J connectivity index is 1.72. The topological polar surface area (TPSA) is 104 Å². The van der Waals surface area contributed by atoms with Gasteiger partial charge >= 0.3 is 11.9 Å².